The van der Waals surface area contributed by atoms with Crippen molar-refractivity contribution in [3.63, 3.8) is 0 Å². The smallest absolute Gasteiger partial charge is 0.260 e. The van der Waals surface area contributed by atoms with Crippen molar-refractivity contribution in [2.45, 2.75) is 96.2 Å². The van der Waals surface area contributed by atoms with Crippen molar-refractivity contribution in [3.8, 4) is 5.75 Å². The molecule has 2 atom stereocenters. The van der Waals surface area contributed by atoms with Crippen LogP contribution in [0.4, 0.5) is 0 Å². The lowest BCUT2D eigenvalue weighted by atomic mass is 9.88. The fourth-order valence-electron chi connectivity index (χ4n) is 5.35. The number of carbonyl (C=O) groups is 2. The van der Waals surface area contributed by atoms with E-state index in [1.165, 1.54) is 0 Å². The van der Waals surface area contributed by atoms with Crippen LogP contribution in [0.2, 0.25) is 0 Å². The lowest BCUT2D eigenvalue weighted by Gasteiger charge is -2.38. The van der Waals surface area contributed by atoms with E-state index in [1.54, 1.807) is 31.2 Å². The maximum absolute atomic E-state index is 13.2. The van der Waals surface area contributed by atoms with Crippen LogP contribution >= 0.6 is 0 Å². The first-order chi connectivity index (χ1) is 16.4. The van der Waals surface area contributed by atoms with Crippen LogP contribution in [-0.4, -0.2) is 45.5 Å². The maximum atomic E-state index is 13.2. The number of rotatable bonds is 6. The molecule has 2 aromatic rings. The Labute approximate surface area is 201 Å². The van der Waals surface area contributed by atoms with E-state index in [-0.39, 0.29) is 30.5 Å². The zero-order valence-electron chi connectivity index (χ0n) is 20.5. The van der Waals surface area contributed by atoms with Crippen molar-refractivity contribution in [1.82, 2.24) is 20.4 Å². The highest BCUT2D eigenvalue weighted by Gasteiger charge is 2.39. The lowest BCUT2D eigenvalue weighted by molar-refractivity contribution is -0.139. The van der Waals surface area contributed by atoms with Gasteiger partial charge in [0, 0.05) is 24.6 Å². The van der Waals surface area contributed by atoms with Crippen molar-refractivity contribution in [2.75, 3.05) is 6.61 Å². The Kier molecular flexibility index (Phi) is 7.54. The van der Waals surface area contributed by atoms with Gasteiger partial charge in [0.05, 0.1) is 0 Å². The van der Waals surface area contributed by atoms with Gasteiger partial charge in [-0.3, -0.25) is 9.59 Å². The fourth-order valence-corrected chi connectivity index (χ4v) is 5.35. The SMILES string of the molecule is Cc1nc(C2(NC(=O)c3ccc(OCC(=O)N4C(C)CCCC4C)cc3)CCCCCC2)no1. The highest BCUT2D eigenvalue weighted by molar-refractivity contribution is 5.94. The van der Waals surface area contributed by atoms with E-state index in [0.717, 1.165) is 57.8 Å². The molecule has 0 spiro atoms. The highest BCUT2D eigenvalue weighted by atomic mass is 16.5. The molecule has 4 rings (SSSR count). The van der Waals surface area contributed by atoms with Gasteiger partial charge in [-0.05, 0) is 70.2 Å². The minimum atomic E-state index is -0.616. The summed E-state index contributed by atoms with van der Waals surface area (Å²) in [6, 6.07) is 7.42. The molecule has 184 valence electrons. The van der Waals surface area contributed by atoms with Crippen LogP contribution in [0.15, 0.2) is 28.8 Å². The van der Waals surface area contributed by atoms with Crippen molar-refractivity contribution in [3.05, 3.63) is 41.5 Å². The minimum Gasteiger partial charge on any atom is -0.484 e. The van der Waals surface area contributed by atoms with Gasteiger partial charge in [0.2, 0.25) is 5.89 Å². The topological polar surface area (TPSA) is 97.6 Å². The largest absolute Gasteiger partial charge is 0.484 e. The normalized spacial score (nSPS) is 22.6. The predicted molar refractivity (Wildman–Crippen MR) is 127 cm³/mol. The molecule has 1 aliphatic heterocycles. The number of hydrogen-bond acceptors (Lipinski definition) is 6. The van der Waals surface area contributed by atoms with Crippen molar-refractivity contribution >= 4 is 11.8 Å². The Balaban J connectivity index is 1.39. The Morgan fingerprint density at radius 1 is 1.06 bits per heavy atom. The van der Waals surface area contributed by atoms with E-state index in [0.29, 0.717) is 23.0 Å². The van der Waals surface area contributed by atoms with Gasteiger partial charge in [-0.2, -0.15) is 4.98 Å². The summed E-state index contributed by atoms with van der Waals surface area (Å²) in [5.74, 6) is 1.45. The summed E-state index contributed by atoms with van der Waals surface area (Å²) in [5, 5.41) is 7.36. The zero-order valence-corrected chi connectivity index (χ0v) is 20.5. The Hall–Kier alpha value is -2.90. The zero-order chi connectivity index (χ0) is 24.1. The highest BCUT2D eigenvalue weighted by Crippen LogP contribution is 2.35. The van der Waals surface area contributed by atoms with Crippen LogP contribution < -0.4 is 10.1 Å². The number of aryl methyl sites for hydroxylation is 1. The number of nitrogens with zero attached hydrogens (tertiary/aromatic N) is 3. The molecule has 1 saturated heterocycles. The van der Waals surface area contributed by atoms with Crippen LogP contribution in [-0.2, 0) is 10.3 Å². The molecule has 2 heterocycles. The molecule has 8 nitrogen and oxygen atoms in total. The van der Waals surface area contributed by atoms with Crippen LogP contribution in [0.5, 0.6) is 5.75 Å². The Morgan fingerprint density at radius 2 is 1.71 bits per heavy atom. The van der Waals surface area contributed by atoms with E-state index < -0.39 is 5.54 Å². The summed E-state index contributed by atoms with van der Waals surface area (Å²) < 4.78 is 11.0. The molecule has 34 heavy (non-hydrogen) atoms. The van der Waals surface area contributed by atoms with Gasteiger partial charge in [0.15, 0.2) is 12.4 Å². The monoisotopic (exact) mass is 468 g/mol. The minimum absolute atomic E-state index is 0.000509. The van der Waals surface area contributed by atoms with E-state index in [4.69, 9.17) is 9.26 Å². The van der Waals surface area contributed by atoms with Gasteiger partial charge in [-0.25, -0.2) is 0 Å². The third-order valence-electron chi connectivity index (χ3n) is 7.23. The first-order valence-corrected chi connectivity index (χ1v) is 12.6. The van der Waals surface area contributed by atoms with E-state index in [9.17, 15) is 9.59 Å². The quantitative estimate of drug-likeness (QED) is 0.626. The number of likely N-dealkylation sites (tertiary alicyclic amines) is 1. The van der Waals surface area contributed by atoms with Gasteiger partial charge in [-0.1, -0.05) is 30.8 Å². The van der Waals surface area contributed by atoms with Gasteiger partial charge >= 0.3 is 0 Å². The molecule has 2 unspecified atom stereocenters. The molecule has 0 radical (unpaired) electrons. The van der Waals surface area contributed by atoms with Gasteiger partial charge < -0.3 is 19.5 Å². The molecule has 2 aliphatic rings. The van der Waals surface area contributed by atoms with Crippen molar-refractivity contribution < 1.29 is 18.8 Å². The Bertz CT molecular complexity index is 969. The summed E-state index contributed by atoms with van der Waals surface area (Å²) in [7, 11) is 0. The second-order valence-corrected chi connectivity index (χ2v) is 9.83. The molecule has 1 aromatic carbocycles. The van der Waals surface area contributed by atoms with Crippen molar-refractivity contribution in [2.24, 2.45) is 0 Å². The van der Waals surface area contributed by atoms with Gasteiger partial charge in [0.25, 0.3) is 11.8 Å². The third kappa shape index (κ3) is 5.42. The van der Waals surface area contributed by atoms with Gasteiger partial charge in [0.1, 0.15) is 11.3 Å². The van der Waals surface area contributed by atoms with E-state index >= 15 is 0 Å². The molecule has 2 amide bonds. The molecule has 1 N–H and O–H groups in total. The Morgan fingerprint density at radius 3 is 2.29 bits per heavy atom. The van der Waals surface area contributed by atoms with Crippen molar-refractivity contribution in [1.29, 1.82) is 0 Å². The summed E-state index contributed by atoms with van der Waals surface area (Å²) >= 11 is 0. The number of carbonyl (C=O) groups excluding carboxylic acids is 2. The van der Waals surface area contributed by atoms with E-state index in [1.807, 2.05) is 4.90 Å². The third-order valence-corrected chi connectivity index (χ3v) is 7.23. The summed E-state index contributed by atoms with van der Waals surface area (Å²) in [4.78, 5) is 32.3. The predicted octanol–water partition coefficient (Wildman–Crippen LogP) is 4.53. The molecule has 1 saturated carbocycles. The molecule has 8 heteroatoms. The molecule has 2 fully saturated rings. The maximum Gasteiger partial charge on any atom is 0.260 e. The lowest BCUT2D eigenvalue weighted by Crippen LogP contribution is -2.49. The molecular weight excluding hydrogens is 432 g/mol. The number of piperidine rings is 1. The van der Waals surface area contributed by atoms with Crippen LogP contribution in [0.1, 0.15) is 93.7 Å². The molecule has 1 aliphatic carbocycles. The number of aromatic nitrogens is 2. The van der Waals surface area contributed by atoms with Crippen LogP contribution in [0.25, 0.3) is 0 Å². The summed E-state index contributed by atoms with van der Waals surface area (Å²) in [5.41, 5.74) is -0.0878. The second-order valence-electron chi connectivity index (χ2n) is 9.83. The van der Waals surface area contributed by atoms with Crippen LogP contribution in [0.3, 0.4) is 0 Å². The molecular formula is C26H36N4O4. The number of benzene rings is 1. The number of nitrogens with one attached hydrogen (secondary N) is 1. The average molecular weight is 469 g/mol. The summed E-state index contributed by atoms with van der Waals surface area (Å²) in [6.07, 6.45) is 9.07. The first-order valence-electron chi connectivity index (χ1n) is 12.6. The molecule has 0 bridgehead atoms. The second kappa shape index (κ2) is 10.6. The number of amides is 2. The standard InChI is InChI=1S/C26H36N4O4/c1-18-9-8-10-19(2)30(18)23(31)17-33-22-13-11-21(12-14-22)24(32)28-26(15-6-4-5-7-16-26)25-27-20(3)34-29-25/h11-14,18-19H,4-10,15-17H2,1-3H3,(H,28,32). The number of hydrogen-bond donors (Lipinski definition) is 1. The van der Waals surface area contributed by atoms with Crippen LogP contribution in [0, 0.1) is 6.92 Å². The van der Waals surface area contributed by atoms with Gasteiger partial charge in [-0.15, -0.1) is 0 Å². The number of ether oxygens (including phenoxy) is 1. The fraction of sp³-hybridized carbons (Fsp3) is 0.615. The average Bonchev–Trinajstić information content (AvgIpc) is 3.13. The summed E-state index contributed by atoms with van der Waals surface area (Å²) in [6.45, 7) is 5.95. The molecule has 1 aromatic heterocycles. The first kappa shape index (κ1) is 24.2. The van der Waals surface area contributed by atoms with E-state index in [2.05, 4.69) is 29.3 Å².